The van der Waals surface area contributed by atoms with E-state index in [1.54, 1.807) is 11.8 Å². The van der Waals surface area contributed by atoms with Crippen LogP contribution in [0.4, 0.5) is 0 Å². The molecule has 0 N–H and O–H groups in total. The molecule has 0 saturated heterocycles. The van der Waals surface area contributed by atoms with Gasteiger partial charge in [0.25, 0.3) is 0 Å². The minimum absolute atomic E-state index is 0.0253. The highest BCUT2D eigenvalue weighted by molar-refractivity contribution is 5.78. The van der Waals surface area contributed by atoms with Gasteiger partial charge in [0.05, 0.1) is 13.0 Å². The third-order valence-electron chi connectivity index (χ3n) is 2.43. The lowest BCUT2D eigenvalue weighted by Gasteiger charge is -2.22. The van der Waals surface area contributed by atoms with Crippen LogP contribution in [0.5, 0.6) is 0 Å². The zero-order chi connectivity index (χ0) is 14.5. The molecule has 0 aliphatic heterocycles. The first-order valence-electron chi connectivity index (χ1n) is 6.65. The number of carbonyl (C=O) groups excluding carboxylic acids is 2. The number of methoxy groups -OCH3 is 1. The van der Waals surface area contributed by atoms with E-state index in [0.29, 0.717) is 32.9 Å². The summed E-state index contributed by atoms with van der Waals surface area (Å²) in [6, 6.07) is 0. The standard InChI is InChI=1S/C13H25NO5/c1-4-18-10-6-8-14(12(15)11-17-3)9-7-13(16)19-5-2/h4-11H2,1-3H3. The van der Waals surface area contributed by atoms with Gasteiger partial charge in [-0.05, 0) is 20.3 Å². The predicted octanol–water partition coefficient (Wildman–Crippen LogP) is 0.841. The Hall–Kier alpha value is -1.14. The molecule has 0 bridgehead atoms. The second kappa shape index (κ2) is 11.9. The van der Waals surface area contributed by atoms with Crippen molar-refractivity contribution in [3.05, 3.63) is 0 Å². The first-order chi connectivity index (χ1) is 9.15. The molecular weight excluding hydrogens is 250 g/mol. The normalized spacial score (nSPS) is 10.3. The number of hydrogen-bond acceptors (Lipinski definition) is 5. The number of amides is 1. The minimum atomic E-state index is -0.289. The van der Waals surface area contributed by atoms with Crippen LogP contribution in [0, 0.1) is 0 Å². The third-order valence-corrected chi connectivity index (χ3v) is 2.43. The van der Waals surface area contributed by atoms with Crippen molar-refractivity contribution >= 4 is 11.9 Å². The molecule has 0 rings (SSSR count). The van der Waals surface area contributed by atoms with Gasteiger partial charge >= 0.3 is 5.97 Å². The van der Waals surface area contributed by atoms with Crippen LogP contribution >= 0.6 is 0 Å². The molecule has 0 saturated carbocycles. The molecule has 0 aromatic heterocycles. The highest BCUT2D eigenvalue weighted by Crippen LogP contribution is 1.99. The van der Waals surface area contributed by atoms with Gasteiger partial charge in [-0.25, -0.2) is 0 Å². The predicted molar refractivity (Wildman–Crippen MR) is 70.8 cm³/mol. The Kier molecular flexibility index (Phi) is 11.2. The summed E-state index contributed by atoms with van der Waals surface area (Å²) in [6.07, 6.45) is 0.948. The number of esters is 1. The molecule has 0 radical (unpaired) electrons. The van der Waals surface area contributed by atoms with E-state index >= 15 is 0 Å². The van der Waals surface area contributed by atoms with Crippen molar-refractivity contribution in [1.82, 2.24) is 4.90 Å². The SMILES string of the molecule is CCOCCCN(CCC(=O)OCC)C(=O)COC. The summed E-state index contributed by atoms with van der Waals surface area (Å²) in [5.41, 5.74) is 0. The molecule has 0 fully saturated rings. The first-order valence-corrected chi connectivity index (χ1v) is 6.65. The van der Waals surface area contributed by atoms with Crippen molar-refractivity contribution in [2.75, 3.05) is 46.6 Å². The summed E-state index contributed by atoms with van der Waals surface area (Å²) in [5, 5.41) is 0. The van der Waals surface area contributed by atoms with Gasteiger partial charge in [-0.2, -0.15) is 0 Å². The van der Waals surface area contributed by atoms with Crippen LogP contribution in [0.25, 0.3) is 0 Å². The summed E-state index contributed by atoms with van der Waals surface area (Å²) in [6.45, 7) is 6.24. The summed E-state index contributed by atoms with van der Waals surface area (Å²) < 4.78 is 14.9. The quantitative estimate of drug-likeness (QED) is 0.413. The highest BCUT2D eigenvalue weighted by atomic mass is 16.5. The van der Waals surface area contributed by atoms with E-state index in [1.165, 1.54) is 7.11 Å². The van der Waals surface area contributed by atoms with Crippen LogP contribution in [0.3, 0.4) is 0 Å². The summed E-state index contributed by atoms with van der Waals surface area (Å²) >= 11 is 0. The Morgan fingerprint density at radius 3 is 2.42 bits per heavy atom. The maximum absolute atomic E-state index is 11.8. The van der Waals surface area contributed by atoms with E-state index in [4.69, 9.17) is 14.2 Å². The summed E-state index contributed by atoms with van der Waals surface area (Å²) in [4.78, 5) is 24.7. The average Bonchev–Trinajstić information content (AvgIpc) is 2.38. The second-order valence-electron chi connectivity index (χ2n) is 3.92. The number of carbonyl (C=O) groups is 2. The number of rotatable bonds is 11. The fourth-order valence-electron chi connectivity index (χ4n) is 1.54. The first kappa shape index (κ1) is 17.9. The highest BCUT2D eigenvalue weighted by Gasteiger charge is 2.14. The van der Waals surface area contributed by atoms with Gasteiger partial charge in [-0.3, -0.25) is 9.59 Å². The fraction of sp³-hybridized carbons (Fsp3) is 0.846. The van der Waals surface area contributed by atoms with E-state index in [-0.39, 0.29) is 24.9 Å². The number of hydrogen-bond donors (Lipinski definition) is 0. The van der Waals surface area contributed by atoms with Gasteiger partial charge in [-0.15, -0.1) is 0 Å². The maximum atomic E-state index is 11.8. The van der Waals surface area contributed by atoms with Gasteiger partial charge in [0.1, 0.15) is 6.61 Å². The van der Waals surface area contributed by atoms with Crippen LogP contribution < -0.4 is 0 Å². The molecule has 0 aliphatic rings. The molecule has 112 valence electrons. The largest absolute Gasteiger partial charge is 0.466 e. The van der Waals surface area contributed by atoms with E-state index in [2.05, 4.69) is 0 Å². The van der Waals surface area contributed by atoms with Crippen molar-refractivity contribution in [3.63, 3.8) is 0 Å². The Bertz CT molecular complexity index is 257. The minimum Gasteiger partial charge on any atom is -0.466 e. The number of ether oxygens (including phenoxy) is 3. The average molecular weight is 275 g/mol. The molecule has 0 spiro atoms. The molecular formula is C13H25NO5. The monoisotopic (exact) mass is 275 g/mol. The van der Waals surface area contributed by atoms with E-state index in [9.17, 15) is 9.59 Å². The Morgan fingerprint density at radius 2 is 1.84 bits per heavy atom. The van der Waals surface area contributed by atoms with Crippen LogP contribution in [0.2, 0.25) is 0 Å². The van der Waals surface area contributed by atoms with Crippen molar-refractivity contribution in [1.29, 1.82) is 0 Å². The van der Waals surface area contributed by atoms with Crippen molar-refractivity contribution in [2.45, 2.75) is 26.7 Å². The van der Waals surface area contributed by atoms with Crippen LogP contribution in [-0.2, 0) is 23.8 Å². The van der Waals surface area contributed by atoms with Gasteiger partial charge in [0, 0.05) is 33.4 Å². The molecule has 6 nitrogen and oxygen atoms in total. The molecule has 0 aliphatic carbocycles. The molecule has 0 aromatic carbocycles. The lowest BCUT2D eigenvalue weighted by molar-refractivity contribution is -0.144. The zero-order valence-corrected chi connectivity index (χ0v) is 12.1. The van der Waals surface area contributed by atoms with Crippen LogP contribution in [0.15, 0.2) is 0 Å². The van der Waals surface area contributed by atoms with Crippen LogP contribution in [0.1, 0.15) is 26.7 Å². The molecule has 1 amide bonds. The molecule has 0 atom stereocenters. The van der Waals surface area contributed by atoms with Gasteiger partial charge in [0.2, 0.25) is 5.91 Å². The third kappa shape index (κ3) is 9.44. The fourth-order valence-corrected chi connectivity index (χ4v) is 1.54. The Balaban J connectivity index is 4.09. The lowest BCUT2D eigenvalue weighted by atomic mass is 10.3. The molecule has 19 heavy (non-hydrogen) atoms. The zero-order valence-electron chi connectivity index (χ0n) is 12.1. The van der Waals surface area contributed by atoms with Crippen molar-refractivity contribution in [2.24, 2.45) is 0 Å². The number of nitrogens with zero attached hydrogens (tertiary/aromatic N) is 1. The smallest absolute Gasteiger partial charge is 0.307 e. The van der Waals surface area contributed by atoms with Crippen LogP contribution in [-0.4, -0.2) is 63.4 Å². The van der Waals surface area contributed by atoms with Gasteiger partial charge < -0.3 is 19.1 Å². The summed E-state index contributed by atoms with van der Waals surface area (Å²) in [5.74, 6) is -0.411. The van der Waals surface area contributed by atoms with Gasteiger partial charge in [-0.1, -0.05) is 0 Å². The van der Waals surface area contributed by atoms with Gasteiger partial charge in [0.15, 0.2) is 0 Å². The molecule has 6 heteroatoms. The molecule has 0 aromatic rings. The maximum Gasteiger partial charge on any atom is 0.307 e. The van der Waals surface area contributed by atoms with Crippen molar-refractivity contribution < 1.29 is 23.8 Å². The topological polar surface area (TPSA) is 65.1 Å². The Labute approximate surface area is 115 Å². The van der Waals surface area contributed by atoms with E-state index in [0.717, 1.165) is 6.42 Å². The lowest BCUT2D eigenvalue weighted by Crippen LogP contribution is -2.37. The molecule has 0 unspecified atom stereocenters. The Morgan fingerprint density at radius 1 is 1.11 bits per heavy atom. The van der Waals surface area contributed by atoms with E-state index < -0.39 is 0 Å². The second-order valence-corrected chi connectivity index (χ2v) is 3.92. The van der Waals surface area contributed by atoms with E-state index in [1.807, 2.05) is 6.92 Å². The van der Waals surface area contributed by atoms with Crippen molar-refractivity contribution in [3.8, 4) is 0 Å². The summed E-state index contributed by atoms with van der Waals surface area (Å²) in [7, 11) is 1.47. The molecule has 0 heterocycles.